The maximum absolute atomic E-state index is 5.59. The third-order valence-corrected chi connectivity index (χ3v) is 6.89. The molecule has 152 valence electrons. The molecule has 0 atom stereocenters. The zero-order valence-corrected chi connectivity index (χ0v) is 19.5. The van der Waals surface area contributed by atoms with Crippen molar-refractivity contribution >= 4 is 44.1 Å². The molecule has 0 saturated carbocycles. The van der Waals surface area contributed by atoms with Gasteiger partial charge in [0.05, 0.1) is 14.2 Å². The van der Waals surface area contributed by atoms with Gasteiger partial charge < -0.3 is 9.47 Å². The van der Waals surface area contributed by atoms with Crippen LogP contribution in [-0.4, -0.2) is 14.2 Å². The summed E-state index contributed by atoms with van der Waals surface area (Å²) in [5.74, 6) is 1.72. The topological polar surface area (TPSA) is 18.5 Å². The van der Waals surface area contributed by atoms with Crippen molar-refractivity contribution in [2.24, 2.45) is 0 Å². The smallest absolute Gasteiger partial charge is 0.119 e. The van der Waals surface area contributed by atoms with Crippen LogP contribution < -0.4 is 9.47 Å². The van der Waals surface area contributed by atoms with Crippen molar-refractivity contribution < 1.29 is 9.47 Å². The molecule has 0 aliphatic rings. The van der Waals surface area contributed by atoms with Gasteiger partial charge >= 0.3 is 0 Å². The first kappa shape index (κ1) is 19.9. The van der Waals surface area contributed by atoms with E-state index in [9.17, 15) is 0 Å². The Bertz CT molecular complexity index is 1400. The lowest BCUT2D eigenvalue weighted by atomic mass is 9.89. The van der Waals surface area contributed by atoms with Crippen LogP contribution in [0, 0.1) is 3.57 Å². The van der Waals surface area contributed by atoms with E-state index in [1.165, 1.54) is 41.8 Å². The summed E-state index contributed by atoms with van der Waals surface area (Å²) in [7, 11) is 3.41. The number of benzene rings is 5. The van der Waals surface area contributed by atoms with Gasteiger partial charge in [-0.05, 0) is 85.1 Å². The van der Waals surface area contributed by atoms with Gasteiger partial charge in [-0.2, -0.15) is 0 Å². The van der Waals surface area contributed by atoms with Crippen molar-refractivity contribution in [1.29, 1.82) is 0 Å². The van der Waals surface area contributed by atoms with E-state index < -0.39 is 0 Å². The van der Waals surface area contributed by atoms with E-state index in [1.54, 1.807) is 14.2 Å². The molecular formula is C28H21IO2. The third kappa shape index (κ3) is 3.43. The van der Waals surface area contributed by atoms with Crippen LogP contribution in [0.15, 0.2) is 91.0 Å². The Morgan fingerprint density at radius 2 is 1.13 bits per heavy atom. The zero-order chi connectivity index (χ0) is 21.4. The van der Waals surface area contributed by atoms with Gasteiger partial charge in [0, 0.05) is 9.13 Å². The molecule has 0 aliphatic carbocycles. The van der Waals surface area contributed by atoms with Crippen molar-refractivity contribution in [3.63, 3.8) is 0 Å². The normalized spacial score (nSPS) is 11.1. The number of hydrogen-bond acceptors (Lipinski definition) is 2. The Labute approximate surface area is 195 Å². The maximum atomic E-state index is 5.59. The van der Waals surface area contributed by atoms with Gasteiger partial charge in [-0.1, -0.05) is 66.7 Å². The highest BCUT2D eigenvalue weighted by molar-refractivity contribution is 14.1. The molecule has 0 spiro atoms. The van der Waals surface area contributed by atoms with Crippen molar-refractivity contribution in [2.45, 2.75) is 0 Å². The summed E-state index contributed by atoms with van der Waals surface area (Å²) < 4.78 is 12.2. The number of ether oxygens (including phenoxy) is 2. The van der Waals surface area contributed by atoms with Gasteiger partial charge in [0.1, 0.15) is 11.5 Å². The Morgan fingerprint density at radius 1 is 0.548 bits per heavy atom. The highest BCUT2D eigenvalue weighted by Crippen LogP contribution is 2.44. The number of methoxy groups -OCH3 is 2. The first-order chi connectivity index (χ1) is 15.2. The van der Waals surface area contributed by atoms with E-state index in [2.05, 4.69) is 95.4 Å². The summed E-state index contributed by atoms with van der Waals surface area (Å²) in [6, 6.07) is 31.9. The summed E-state index contributed by atoms with van der Waals surface area (Å²) in [6.07, 6.45) is 0. The molecule has 0 aliphatic heterocycles. The van der Waals surface area contributed by atoms with Crippen molar-refractivity contribution in [3.8, 4) is 33.8 Å². The number of fused-ring (bicyclic) bond motifs is 3. The Balaban J connectivity index is 1.87. The monoisotopic (exact) mass is 516 g/mol. The van der Waals surface area contributed by atoms with E-state index in [0.29, 0.717) is 0 Å². The Kier molecular flexibility index (Phi) is 5.28. The molecule has 0 aromatic heterocycles. The van der Waals surface area contributed by atoms with Gasteiger partial charge in [0.25, 0.3) is 0 Å². The second-order valence-corrected chi connectivity index (χ2v) is 8.50. The molecule has 0 radical (unpaired) electrons. The highest BCUT2D eigenvalue weighted by Gasteiger charge is 2.17. The molecule has 5 aromatic carbocycles. The molecule has 0 bridgehead atoms. The molecule has 0 amide bonds. The highest BCUT2D eigenvalue weighted by atomic mass is 127. The summed E-state index contributed by atoms with van der Waals surface area (Å²) in [4.78, 5) is 0. The summed E-state index contributed by atoms with van der Waals surface area (Å²) >= 11 is 2.50. The van der Waals surface area contributed by atoms with Crippen LogP contribution in [0.3, 0.4) is 0 Å². The van der Waals surface area contributed by atoms with Crippen molar-refractivity contribution in [3.05, 3.63) is 94.6 Å². The average molecular weight is 516 g/mol. The standard InChI is InChI=1S/C28H21IO2/c1-30-19-13-11-18(12-14-19)21-7-3-5-9-24(21)27-26-17-20(31-2)15-16-23(26)22-8-4-6-10-25(22)28(27)29/h3-17H,1-2H3. The Morgan fingerprint density at radius 3 is 1.84 bits per heavy atom. The van der Waals surface area contributed by atoms with Crippen LogP contribution in [0.25, 0.3) is 43.8 Å². The van der Waals surface area contributed by atoms with Crippen LogP contribution in [-0.2, 0) is 0 Å². The molecule has 3 heteroatoms. The second-order valence-electron chi connectivity index (χ2n) is 7.42. The van der Waals surface area contributed by atoms with Gasteiger partial charge in [0.2, 0.25) is 0 Å². The molecule has 0 heterocycles. The predicted molar refractivity (Wildman–Crippen MR) is 138 cm³/mol. The lowest BCUT2D eigenvalue weighted by Gasteiger charge is -2.18. The van der Waals surface area contributed by atoms with Gasteiger partial charge in [-0.15, -0.1) is 0 Å². The van der Waals surface area contributed by atoms with Gasteiger partial charge in [-0.3, -0.25) is 0 Å². The van der Waals surface area contributed by atoms with Crippen molar-refractivity contribution in [1.82, 2.24) is 0 Å². The lowest BCUT2D eigenvalue weighted by molar-refractivity contribution is 0.415. The van der Waals surface area contributed by atoms with Crippen LogP contribution in [0.5, 0.6) is 11.5 Å². The number of halogens is 1. The minimum Gasteiger partial charge on any atom is -0.497 e. The van der Waals surface area contributed by atoms with Gasteiger partial charge in [-0.25, -0.2) is 0 Å². The fourth-order valence-corrected chi connectivity index (χ4v) is 5.29. The van der Waals surface area contributed by atoms with E-state index in [0.717, 1.165) is 17.1 Å². The fourth-order valence-electron chi connectivity index (χ4n) is 4.24. The minimum atomic E-state index is 0.858. The van der Waals surface area contributed by atoms with Crippen LogP contribution in [0.4, 0.5) is 0 Å². The molecule has 5 aromatic rings. The van der Waals surface area contributed by atoms with Crippen molar-refractivity contribution in [2.75, 3.05) is 14.2 Å². The quantitative estimate of drug-likeness (QED) is 0.178. The molecule has 0 saturated heterocycles. The van der Waals surface area contributed by atoms with Crippen LogP contribution >= 0.6 is 22.6 Å². The molecule has 2 nitrogen and oxygen atoms in total. The minimum absolute atomic E-state index is 0.858. The summed E-state index contributed by atoms with van der Waals surface area (Å²) in [6.45, 7) is 0. The van der Waals surface area contributed by atoms with E-state index in [-0.39, 0.29) is 0 Å². The average Bonchev–Trinajstić information content (AvgIpc) is 2.84. The fraction of sp³-hybridized carbons (Fsp3) is 0.0714. The number of rotatable bonds is 4. The van der Waals surface area contributed by atoms with E-state index >= 15 is 0 Å². The Hall–Kier alpha value is -3.05. The second kappa shape index (κ2) is 8.23. The molecule has 5 rings (SSSR count). The predicted octanol–water partition coefficient (Wildman–Crippen LogP) is 7.95. The molecular weight excluding hydrogens is 495 g/mol. The van der Waals surface area contributed by atoms with E-state index in [4.69, 9.17) is 9.47 Å². The van der Waals surface area contributed by atoms with Crippen LogP contribution in [0.1, 0.15) is 0 Å². The van der Waals surface area contributed by atoms with Gasteiger partial charge in [0.15, 0.2) is 0 Å². The largest absolute Gasteiger partial charge is 0.497 e. The number of hydrogen-bond donors (Lipinski definition) is 0. The molecule has 0 N–H and O–H groups in total. The third-order valence-electron chi connectivity index (χ3n) is 5.77. The summed E-state index contributed by atoms with van der Waals surface area (Å²) in [5.41, 5.74) is 4.81. The lowest BCUT2D eigenvalue weighted by Crippen LogP contribution is -1.93. The first-order valence-corrected chi connectivity index (χ1v) is 11.2. The van der Waals surface area contributed by atoms with E-state index in [1.807, 2.05) is 18.2 Å². The summed E-state index contributed by atoms with van der Waals surface area (Å²) in [5, 5.41) is 4.95. The molecule has 0 unspecified atom stereocenters. The first-order valence-electron chi connectivity index (χ1n) is 10.1. The molecule has 31 heavy (non-hydrogen) atoms. The zero-order valence-electron chi connectivity index (χ0n) is 17.4. The SMILES string of the molecule is COc1ccc(-c2ccccc2-c2c(I)c3ccccc3c3ccc(OC)cc23)cc1. The maximum Gasteiger partial charge on any atom is 0.119 e. The van der Waals surface area contributed by atoms with Crippen LogP contribution in [0.2, 0.25) is 0 Å². The molecule has 0 fully saturated rings.